The number of hydrogen-bond donors (Lipinski definition) is 3. The molecule has 2 heterocycles. The van der Waals surface area contributed by atoms with Gasteiger partial charge in [-0.15, -0.1) is 0 Å². The Morgan fingerprint density at radius 1 is 1.32 bits per heavy atom. The molecule has 1 fully saturated rings. The minimum absolute atomic E-state index is 0.0462. The zero-order chi connectivity index (χ0) is 17.7. The van der Waals surface area contributed by atoms with Crippen molar-refractivity contribution in [2.45, 2.75) is 12.8 Å². The molecule has 0 atom stereocenters. The van der Waals surface area contributed by atoms with Gasteiger partial charge in [-0.3, -0.25) is 9.89 Å². The summed E-state index contributed by atoms with van der Waals surface area (Å²) < 4.78 is 18.5. The van der Waals surface area contributed by atoms with Crippen molar-refractivity contribution in [1.29, 1.82) is 0 Å². The van der Waals surface area contributed by atoms with Crippen molar-refractivity contribution < 1.29 is 13.9 Å². The number of rotatable bonds is 6. The van der Waals surface area contributed by atoms with Crippen molar-refractivity contribution in [2.75, 3.05) is 33.4 Å². The van der Waals surface area contributed by atoms with E-state index >= 15 is 0 Å². The molecule has 1 aromatic heterocycles. The van der Waals surface area contributed by atoms with E-state index in [2.05, 4.69) is 20.8 Å². The molecule has 0 saturated carbocycles. The number of carbonyl (C=O) groups excluding carboxylic acids is 1. The van der Waals surface area contributed by atoms with Crippen LogP contribution in [0.3, 0.4) is 0 Å². The van der Waals surface area contributed by atoms with Gasteiger partial charge in [0.05, 0.1) is 24.1 Å². The molecule has 0 bridgehead atoms. The first kappa shape index (κ1) is 17.6. The predicted molar refractivity (Wildman–Crippen MR) is 92.7 cm³/mol. The second-order valence-electron chi connectivity index (χ2n) is 6.53. The number of aromatic amines is 1. The van der Waals surface area contributed by atoms with Gasteiger partial charge in [0.2, 0.25) is 0 Å². The number of halogens is 1. The number of nitrogens with one attached hydrogen (secondary N) is 3. The summed E-state index contributed by atoms with van der Waals surface area (Å²) in [5.74, 6) is -0.510. The van der Waals surface area contributed by atoms with Crippen LogP contribution < -0.4 is 10.6 Å². The van der Waals surface area contributed by atoms with Gasteiger partial charge in [-0.2, -0.15) is 5.10 Å². The fourth-order valence-corrected chi connectivity index (χ4v) is 3.29. The average molecular weight is 346 g/mol. The predicted octanol–water partition coefficient (Wildman–Crippen LogP) is 1.96. The van der Waals surface area contributed by atoms with E-state index in [0.717, 1.165) is 31.5 Å². The zero-order valence-electron chi connectivity index (χ0n) is 14.3. The Bertz CT molecular complexity index is 703. The topological polar surface area (TPSA) is 79.0 Å². The third-order valence-corrected chi connectivity index (χ3v) is 4.76. The Hall–Kier alpha value is -2.25. The smallest absolute Gasteiger partial charge is 0.255 e. The molecule has 134 valence electrons. The first-order valence-corrected chi connectivity index (χ1v) is 8.41. The first-order chi connectivity index (χ1) is 12.1. The van der Waals surface area contributed by atoms with E-state index < -0.39 is 0 Å². The number of ether oxygens (including phenoxy) is 1. The summed E-state index contributed by atoms with van der Waals surface area (Å²) in [7, 11) is 1.69. The third-order valence-electron chi connectivity index (χ3n) is 4.76. The van der Waals surface area contributed by atoms with Crippen molar-refractivity contribution in [1.82, 2.24) is 20.8 Å². The van der Waals surface area contributed by atoms with Gasteiger partial charge in [-0.1, -0.05) is 0 Å². The number of hydrogen-bond acceptors (Lipinski definition) is 4. The normalized spacial score (nSPS) is 16.6. The summed E-state index contributed by atoms with van der Waals surface area (Å²) in [5.41, 5.74) is 1.71. The summed E-state index contributed by atoms with van der Waals surface area (Å²) in [6, 6.07) is 5.97. The van der Waals surface area contributed by atoms with E-state index in [-0.39, 0.29) is 17.1 Å². The van der Waals surface area contributed by atoms with Crippen LogP contribution in [0.1, 0.15) is 23.2 Å². The van der Waals surface area contributed by atoms with E-state index in [0.29, 0.717) is 24.4 Å². The van der Waals surface area contributed by atoms with Gasteiger partial charge in [0, 0.05) is 24.6 Å². The summed E-state index contributed by atoms with van der Waals surface area (Å²) in [6.07, 6.45) is 3.41. The fourth-order valence-electron chi connectivity index (χ4n) is 3.29. The molecule has 6 nitrogen and oxygen atoms in total. The highest BCUT2D eigenvalue weighted by Crippen LogP contribution is 2.28. The van der Waals surface area contributed by atoms with Crippen LogP contribution >= 0.6 is 0 Å². The Balaban J connectivity index is 1.71. The van der Waals surface area contributed by atoms with Crippen LogP contribution in [0.4, 0.5) is 4.39 Å². The Kier molecular flexibility index (Phi) is 5.45. The van der Waals surface area contributed by atoms with Crippen molar-refractivity contribution in [3.8, 4) is 11.3 Å². The molecule has 1 aliphatic heterocycles. The maximum absolute atomic E-state index is 13.1. The van der Waals surface area contributed by atoms with E-state index in [1.54, 1.807) is 19.2 Å². The highest BCUT2D eigenvalue weighted by atomic mass is 19.1. The molecule has 1 aromatic carbocycles. The summed E-state index contributed by atoms with van der Waals surface area (Å²) in [5, 5.41) is 13.2. The summed E-state index contributed by atoms with van der Waals surface area (Å²) >= 11 is 0. The number of piperidine rings is 1. The van der Waals surface area contributed by atoms with Crippen LogP contribution in [0.15, 0.2) is 30.5 Å². The minimum atomic E-state index is -0.318. The molecule has 0 unspecified atom stereocenters. The lowest BCUT2D eigenvalue weighted by Crippen LogP contribution is -2.47. The quantitative estimate of drug-likeness (QED) is 0.747. The van der Waals surface area contributed by atoms with Gasteiger partial charge in [-0.25, -0.2) is 4.39 Å². The number of carbonyl (C=O) groups is 1. The highest BCUT2D eigenvalue weighted by molar-refractivity contribution is 5.99. The molecule has 3 N–H and O–H groups in total. The summed E-state index contributed by atoms with van der Waals surface area (Å²) in [6.45, 7) is 3.01. The molecular weight excluding hydrogens is 323 g/mol. The first-order valence-electron chi connectivity index (χ1n) is 8.41. The second-order valence-corrected chi connectivity index (χ2v) is 6.53. The monoisotopic (exact) mass is 346 g/mol. The number of nitrogens with zero attached hydrogens (tertiary/aromatic N) is 1. The number of benzene rings is 1. The molecule has 2 aromatic rings. The maximum Gasteiger partial charge on any atom is 0.255 e. The summed E-state index contributed by atoms with van der Waals surface area (Å²) in [4.78, 5) is 12.7. The van der Waals surface area contributed by atoms with Crippen LogP contribution in [0.25, 0.3) is 11.3 Å². The van der Waals surface area contributed by atoms with Crippen LogP contribution in [-0.4, -0.2) is 49.5 Å². The van der Waals surface area contributed by atoms with Crippen molar-refractivity contribution in [3.63, 3.8) is 0 Å². The van der Waals surface area contributed by atoms with Crippen LogP contribution in [0.2, 0.25) is 0 Å². The van der Waals surface area contributed by atoms with Crippen molar-refractivity contribution >= 4 is 5.91 Å². The van der Waals surface area contributed by atoms with E-state index in [9.17, 15) is 9.18 Å². The molecule has 0 spiro atoms. The largest absolute Gasteiger partial charge is 0.384 e. The van der Waals surface area contributed by atoms with Crippen LogP contribution in [-0.2, 0) is 4.74 Å². The highest BCUT2D eigenvalue weighted by Gasteiger charge is 2.32. The lowest BCUT2D eigenvalue weighted by molar-refractivity contribution is 0.0512. The number of amides is 1. The number of H-pyrrole nitrogens is 1. The van der Waals surface area contributed by atoms with Gasteiger partial charge in [0.25, 0.3) is 5.91 Å². The van der Waals surface area contributed by atoms with Crippen molar-refractivity contribution in [2.24, 2.45) is 5.41 Å². The zero-order valence-corrected chi connectivity index (χ0v) is 14.3. The van der Waals surface area contributed by atoms with E-state index in [1.165, 1.54) is 18.3 Å². The van der Waals surface area contributed by atoms with Gasteiger partial charge in [0.15, 0.2) is 0 Å². The molecular formula is C18H23FN4O2. The molecule has 25 heavy (non-hydrogen) atoms. The van der Waals surface area contributed by atoms with Gasteiger partial charge in [-0.05, 0) is 50.2 Å². The number of methoxy groups -OCH3 is 1. The van der Waals surface area contributed by atoms with Crippen LogP contribution in [0.5, 0.6) is 0 Å². The van der Waals surface area contributed by atoms with Gasteiger partial charge < -0.3 is 15.4 Å². The molecule has 1 amide bonds. The minimum Gasteiger partial charge on any atom is -0.384 e. The Morgan fingerprint density at radius 2 is 2.04 bits per heavy atom. The van der Waals surface area contributed by atoms with Gasteiger partial charge >= 0.3 is 0 Å². The number of aromatic nitrogens is 2. The van der Waals surface area contributed by atoms with Crippen molar-refractivity contribution in [3.05, 3.63) is 41.8 Å². The lowest BCUT2D eigenvalue weighted by Gasteiger charge is -2.37. The third kappa shape index (κ3) is 4.05. The van der Waals surface area contributed by atoms with E-state index in [1.807, 2.05) is 0 Å². The molecule has 1 saturated heterocycles. The van der Waals surface area contributed by atoms with E-state index in [4.69, 9.17) is 4.74 Å². The molecule has 0 radical (unpaired) electrons. The standard InChI is InChI=1S/C18H23FN4O2/c1-25-12-18(6-8-20-9-7-18)11-21-17(24)15-10-22-23-16(15)13-2-4-14(19)5-3-13/h2-5,10,20H,6-9,11-12H2,1H3,(H,21,24)(H,22,23). The SMILES string of the molecule is COCC1(CNC(=O)c2cn[nH]c2-c2ccc(F)cc2)CCNCC1. The Labute approximate surface area is 146 Å². The maximum atomic E-state index is 13.1. The average Bonchev–Trinajstić information content (AvgIpc) is 3.11. The second kappa shape index (κ2) is 7.76. The van der Waals surface area contributed by atoms with Crippen LogP contribution in [0, 0.1) is 11.2 Å². The fraction of sp³-hybridized carbons (Fsp3) is 0.444. The lowest BCUT2D eigenvalue weighted by atomic mass is 9.79. The molecule has 0 aliphatic carbocycles. The Morgan fingerprint density at radius 3 is 2.72 bits per heavy atom. The molecule has 7 heteroatoms. The van der Waals surface area contributed by atoms with Gasteiger partial charge in [0.1, 0.15) is 5.82 Å². The molecule has 1 aliphatic rings. The molecule has 3 rings (SSSR count).